The summed E-state index contributed by atoms with van der Waals surface area (Å²) in [4.78, 5) is 41.7. The molecule has 0 radical (unpaired) electrons. The standard InChI is InChI=1S/C32H54F2N2O7Si/c1-10-11-12-13-14-15-16-17-18-25(37)42-27-24(22-40-44(8,9)31(5,6)7)41-28(32(27,33)34)36-20-19-23(35-29(36)39)21-26(38)43-30(2,3)4/h19-20,24,27-28H,10-18,21-22H2,1-9H3/t24-,27-,28-/m1/s1. The van der Waals surface area contributed by atoms with Crippen LogP contribution in [0.5, 0.6) is 0 Å². The van der Waals surface area contributed by atoms with E-state index >= 15 is 8.78 Å². The lowest BCUT2D eigenvalue weighted by Gasteiger charge is -2.37. The fraction of sp³-hybridized carbons (Fsp3) is 0.812. The van der Waals surface area contributed by atoms with Gasteiger partial charge in [0.05, 0.1) is 18.7 Å². The van der Waals surface area contributed by atoms with Gasteiger partial charge in [0, 0.05) is 12.6 Å². The Kier molecular flexibility index (Phi) is 13.7. The topological polar surface area (TPSA) is 106 Å². The molecule has 0 saturated carbocycles. The van der Waals surface area contributed by atoms with Gasteiger partial charge >= 0.3 is 23.6 Å². The molecule has 0 aliphatic carbocycles. The molecule has 252 valence electrons. The minimum Gasteiger partial charge on any atom is -0.460 e. The summed E-state index contributed by atoms with van der Waals surface area (Å²) < 4.78 is 55.2. The molecule has 2 rings (SSSR count). The lowest BCUT2D eigenvalue weighted by molar-refractivity contribution is -0.176. The van der Waals surface area contributed by atoms with E-state index in [2.05, 4.69) is 11.9 Å². The molecule has 1 fully saturated rings. The van der Waals surface area contributed by atoms with Gasteiger partial charge in [0.2, 0.25) is 6.23 Å². The van der Waals surface area contributed by atoms with Crippen LogP contribution in [0.25, 0.3) is 0 Å². The summed E-state index contributed by atoms with van der Waals surface area (Å²) >= 11 is 0. The van der Waals surface area contributed by atoms with Crippen molar-refractivity contribution < 1.29 is 37.0 Å². The Morgan fingerprint density at radius 3 is 2.14 bits per heavy atom. The predicted octanol–water partition coefficient (Wildman–Crippen LogP) is 7.12. The number of esters is 2. The van der Waals surface area contributed by atoms with Gasteiger partial charge in [0.15, 0.2) is 14.4 Å². The average molecular weight is 645 g/mol. The number of alkyl halides is 2. The van der Waals surface area contributed by atoms with Crippen molar-refractivity contribution in [3.05, 3.63) is 28.4 Å². The van der Waals surface area contributed by atoms with Crippen LogP contribution in [0, 0.1) is 0 Å². The first kappa shape index (κ1) is 38.0. The van der Waals surface area contributed by atoms with Gasteiger partial charge in [-0.3, -0.25) is 14.2 Å². The van der Waals surface area contributed by atoms with Gasteiger partial charge in [-0.25, -0.2) is 4.79 Å². The van der Waals surface area contributed by atoms with Crippen LogP contribution >= 0.6 is 0 Å². The number of aromatic nitrogens is 2. The number of rotatable bonds is 16. The molecular weight excluding hydrogens is 590 g/mol. The van der Waals surface area contributed by atoms with Gasteiger partial charge in [-0.2, -0.15) is 13.8 Å². The van der Waals surface area contributed by atoms with Crippen molar-refractivity contribution in [1.82, 2.24) is 9.55 Å². The Labute approximate surface area is 262 Å². The van der Waals surface area contributed by atoms with Gasteiger partial charge < -0.3 is 18.6 Å². The Hall–Kier alpha value is -2.18. The van der Waals surface area contributed by atoms with Gasteiger partial charge in [-0.15, -0.1) is 0 Å². The van der Waals surface area contributed by atoms with E-state index in [0.29, 0.717) is 11.0 Å². The average Bonchev–Trinajstić information content (AvgIpc) is 3.12. The molecule has 9 nitrogen and oxygen atoms in total. The van der Waals surface area contributed by atoms with E-state index in [1.807, 2.05) is 33.9 Å². The zero-order chi connectivity index (χ0) is 33.3. The molecule has 1 aromatic heterocycles. The van der Waals surface area contributed by atoms with Gasteiger partial charge in [-0.1, -0.05) is 72.6 Å². The highest BCUT2D eigenvalue weighted by Gasteiger charge is 2.62. The quantitative estimate of drug-likeness (QED) is 0.106. The Morgan fingerprint density at radius 1 is 1.00 bits per heavy atom. The van der Waals surface area contributed by atoms with Crippen LogP contribution in [0.15, 0.2) is 17.1 Å². The SMILES string of the molecule is CCCCCCCCCCC(=O)O[C@@H]1[C@@H](CO[Si](C)(C)C(C)(C)C)O[C@@H](n2ccc(CC(=O)OC(C)(C)C)nc2=O)C1(F)F. The summed E-state index contributed by atoms with van der Waals surface area (Å²) in [5, 5.41) is -0.193. The Balaban J connectivity index is 2.19. The molecule has 0 unspecified atom stereocenters. The second kappa shape index (κ2) is 15.9. The van der Waals surface area contributed by atoms with E-state index in [-0.39, 0.29) is 30.2 Å². The maximum absolute atomic E-state index is 16.0. The molecule has 1 aliphatic rings. The zero-order valence-corrected chi connectivity index (χ0v) is 29.2. The van der Waals surface area contributed by atoms with E-state index in [9.17, 15) is 14.4 Å². The molecular formula is C32H54F2N2O7Si. The summed E-state index contributed by atoms with van der Waals surface area (Å²) in [5.41, 5.74) is -1.67. The first-order valence-electron chi connectivity index (χ1n) is 15.9. The van der Waals surface area contributed by atoms with E-state index in [1.54, 1.807) is 20.8 Å². The van der Waals surface area contributed by atoms with Gasteiger partial charge in [-0.05, 0) is 51.4 Å². The molecule has 0 spiro atoms. The Morgan fingerprint density at radius 2 is 1.59 bits per heavy atom. The van der Waals surface area contributed by atoms with Crippen molar-refractivity contribution in [2.24, 2.45) is 0 Å². The van der Waals surface area contributed by atoms with Crippen LogP contribution in [0.3, 0.4) is 0 Å². The molecule has 0 amide bonds. The number of unbranched alkanes of at least 4 members (excludes halogenated alkanes) is 7. The molecule has 1 aliphatic heterocycles. The Bertz CT molecular complexity index is 1140. The molecule has 1 aromatic rings. The fourth-order valence-corrected chi connectivity index (χ4v) is 5.62. The molecule has 3 atom stereocenters. The van der Waals surface area contributed by atoms with E-state index in [0.717, 1.165) is 31.9 Å². The maximum atomic E-state index is 16.0. The largest absolute Gasteiger partial charge is 0.460 e. The van der Waals surface area contributed by atoms with Crippen molar-refractivity contribution in [2.45, 2.75) is 161 Å². The van der Waals surface area contributed by atoms with Crippen LogP contribution in [0.1, 0.15) is 118 Å². The first-order valence-corrected chi connectivity index (χ1v) is 18.9. The normalized spacial score (nSPS) is 20.5. The number of nitrogens with zero attached hydrogens (tertiary/aromatic N) is 2. The van der Waals surface area contributed by atoms with E-state index < -0.39 is 55.9 Å². The summed E-state index contributed by atoms with van der Waals surface area (Å²) in [6.07, 6.45) is 3.65. The first-order chi connectivity index (χ1) is 20.3. The van der Waals surface area contributed by atoms with E-state index in [4.69, 9.17) is 18.6 Å². The van der Waals surface area contributed by atoms with Crippen LogP contribution in [0.4, 0.5) is 8.78 Å². The molecule has 44 heavy (non-hydrogen) atoms. The minimum absolute atomic E-state index is 0.0168. The van der Waals surface area contributed by atoms with Crippen molar-refractivity contribution >= 4 is 20.3 Å². The second-order valence-electron chi connectivity index (χ2n) is 14.3. The lowest BCUT2D eigenvalue weighted by Crippen LogP contribution is -2.47. The fourth-order valence-electron chi connectivity index (χ4n) is 4.61. The highest BCUT2D eigenvalue weighted by atomic mass is 28.4. The maximum Gasteiger partial charge on any atom is 0.350 e. The molecule has 0 N–H and O–H groups in total. The molecule has 1 saturated heterocycles. The molecule has 0 bridgehead atoms. The van der Waals surface area contributed by atoms with E-state index in [1.165, 1.54) is 25.3 Å². The van der Waals surface area contributed by atoms with Gasteiger partial charge in [0.25, 0.3) is 0 Å². The number of hydrogen-bond acceptors (Lipinski definition) is 8. The summed E-state index contributed by atoms with van der Waals surface area (Å²) in [7, 11) is -2.37. The lowest BCUT2D eigenvalue weighted by atomic mass is 10.1. The summed E-state index contributed by atoms with van der Waals surface area (Å²) in [6.45, 7) is 17.1. The number of carbonyl (C=O) groups is 2. The molecule has 0 aromatic carbocycles. The highest BCUT2D eigenvalue weighted by molar-refractivity contribution is 6.74. The monoisotopic (exact) mass is 644 g/mol. The van der Waals surface area contributed by atoms with Crippen molar-refractivity contribution in [1.29, 1.82) is 0 Å². The summed E-state index contributed by atoms with van der Waals surface area (Å²) in [6, 6.07) is 1.30. The summed E-state index contributed by atoms with van der Waals surface area (Å²) in [5.74, 6) is -5.09. The van der Waals surface area contributed by atoms with Gasteiger partial charge in [0.1, 0.15) is 11.7 Å². The predicted molar refractivity (Wildman–Crippen MR) is 167 cm³/mol. The zero-order valence-electron chi connectivity index (χ0n) is 28.2. The van der Waals surface area contributed by atoms with Crippen LogP contribution in [-0.2, 0) is 34.6 Å². The third-order valence-corrected chi connectivity index (χ3v) is 12.6. The van der Waals surface area contributed by atoms with Crippen LogP contribution < -0.4 is 5.69 Å². The molecule has 2 heterocycles. The van der Waals surface area contributed by atoms with Crippen molar-refractivity contribution in [2.75, 3.05) is 6.61 Å². The van der Waals surface area contributed by atoms with Crippen LogP contribution in [0.2, 0.25) is 18.1 Å². The number of halogens is 2. The number of hydrogen-bond donors (Lipinski definition) is 0. The minimum atomic E-state index is -3.76. The smallest absolute Gasteiger partial charge is 0.350 e. The number of ether oxygens (including phenoxy) is 3. The second-order valence-corrected chi connectivity index (χ2v) is 19.1. The number of carbonyl (C=O) groups excluding carboxylic acids is 2. The van der Waals surface area contributed by atoms with Crippen LogP contribution in [-0.4, -0.2) is 60.1 Å². The third-order valence-electron chi connectivity index (χ3n) is 8.14. The van der Waals surface area contributed by atoms with Crippen molar-refractivity contribution in [3.8, 4) is 0 Å². The van der Waals surface area contributed by atoms with Crippen molar-refractivity contribution in [3.63, 3.8) is 0 Å². The highest BCUT2D eigenvalue weighted by Crippen LogP contribution is 2.45. The molecule has 12 heteroatoms. The third kappa shape index (κ3) is 11.3.